The molecule has 0 bridgehead atoms. The maximum atomic E-state index is 12.4. The Bertz CT molecular complexity index is 691. The van der Waals surface area contributed by atoms with E-state index >= 15 is 0 Å². The molecule has 5 nitrogen and oxygen atoms in total. The average Bonchev–Trinajstić information content (AvgIpc) is 2.63. The highest BCUT2D eigenvalue weighted by atomic mass is 35.5. The van der Waals surface area contributed by atoms with Crippen LogP contribution in [0.25, 0.3) is 0 Å². The van der Waals surface area contributed by atoms with E-state index in [4.69, 9.17) is 21.1 Å². The molecule has 0 spiro atoms. The van der Waals surface area contributed by atoms with E-state index in [1.54, 1.807) is 0 Å². The minimum absolute atomic E-state index is 0.198. The molecule has 29 heavy (non-hydrogen) atoms. The number of hydrogen-bond acceptors (Lipinski definition) is 4. The summed E-state index contributed by atoms with van der Waals surface area (Å²) in [7, 11) is 0. The number of benzene rings is 1. The molecule has 1 atom stereocenters. The lowest BCUT2D eigenvalue weighted by Gasteiger charge is -2.51. The average molecular weight is 423 g/mol. The Kier molecular flexibility index (Phi) is 6.81. The molecule has 0 unspecified atom stereocenters. The molecule has 0 saturated carbocycles. The van der Waals surface area contributed by atoms with E-state index in [2.05, 4.69) is 30.9 Å². The monoisotopic (exact) mass is 422 g/mol. The van der Waals surface area contributed by atoms with Gasteiger partial charge in [-0.25, -0.2) is 4.79 Å². The van der Waals surface area contributed by atoms with E-state index in [9.17, 15) is 4.79 Å². The standard InChI is InChI=1S/C23H35ClN2O3/c1-22(2,3)29-21(27)25-12-10-19(11-13-25)26-14-15-28-23(4,5)20(26)16-17-6-8-18(24)9-7-17/h6-9,19-20H,10-16H2,1-5H3/t20-/m0/s1. The van der Waals surface area contributed by atoms with Gasteiger partial charge in [0.2, 0.25) is 0 Å². The Morgan fingerprint density at radius 1 is 1.17 bits per heavy atom. The number of amides is 1. The molecule has 162 valence electrons. The molecule has 1 amide bonds. The summed E-state index contributed by atoms with van der Waals surface area (Å²) < 4.78 is 11.7. The molecule has 1 aromatic carbocycles. The zero-order valence-electron chi connectivity index (χ0n) is 18.4. The number of piperidine rings is 1. The van der Waals surface area contributed by atoms with Crippen LogP contribution in [0.2, 0.25) is 5.02 Å². The Morgan fingerprint density at radius 3 is 2.38 bits per heavy atom. The summed E-state index contributed by atoms with van der Waals surface area (Å²) in [6.07, 6.45) is 2.66. The topological polar surface area (TPSA) is 42.0 Å². The van der Waals surface area contributed by atoms with Gasteiger partial charge in [0.05, 0.1) is 12.2 Å². The number of ether oxygens (including phenoxy) is 2. The van der Waals surface area contributed by atoms with Gasteiger partial charge in [-0.3, -0.25) is 4.90 Å². The number of nitrogens with zero attached hydrogens (tertiary/aromatic N) is 2. The molecule has 3 rings (SSSR count). The van der Waals surface area contributed by atoms with E-state index < -0.39 is 5.60 Å². The lowest BCUT2D eigenvalue weighted by Crippen LogP contribution is -2.62. The van der Waals surface area contributed by atoms with Crippen molar-refractivity contribution in [2.24, 2.45) is 0 Å². The number of carbonyl (C=O) groups is 1. The van der Waals surface area contributed by atoms with Crippen LogP contribution in [0.5, 0.6) is 0 Å². The highest BCUT2D eigenvalue weighted by Gasteiger charge is 2.42. The predicted molar refractivity (Wildman–Crippen MR) is 117 cm³/mol. The fourth-order valence-electron chi connectivity index (χ4n) is 4.42. The SMILES string of the molecule is CC(C)(C)OC(=O)N1CCC(N2CCOC(C)(C)[C@@H]2Cc2ccc(Cl)cc2)CC1. The van der Waals surface area contributed by atoms with Gasteiger partial charge in [-0.2, -0.15) is 0 Å². The Balaban J connectivity index is 1.66. The fraction of sp³-hybridized carbons (Fsp3) is 0.696. The molecule has 0 radical (unpaired) electrons. The van der Waals surface area contributed by atoms with Gasteiger partial charge < -0.3 is 14.4 Å². The number of carbonyl (C=O) groups excluding carboxylic acids is 1. The summed E-state index contributed by atoms with van der Waals surface area (Å²) in [5.74, 6) is 0. The van der Waals surface area contributed by atoms with Crippen LogP contribution < -0.4 is 0 Å². The zero-order valence-corrected chi connectivity index (χ0v) is 19.2. The van der Waals surface area contributed by atoms with Crippen LogP contribution >= 0.6 is 11.6 Å². The highest BCUT2D eigenvalue weighted by molar-refractivity contribution is 6.30. The van der Waals surface area contributed by atoms with Gasteiger partial charge in [0.15, 0.2) is 0 Å². The van der Waals surface area contributed by atoms with Crippen molar-refractivity contribution in [3.05, 3.63) is 34.9 Å². The van der Waals surface area contributed by atoms with Gasteiger partial charge in [-0.15, -0.1) is 0 Å². The molecule has 2 heterocycles. The van der Waals surface area contributed by atoms with Crippen LogP contribution in [0.3, 0.4) is 0 Å². The molecule has 6 heteroatoms. The predicted octanol–water partition coefficient (Wildman–Crippen LogP) is 4.76. The maximum absolute atomic E-state index is 12.4. The first-order valence-electron chi connectivity index (χ1n) is 10.7. The second kappa shape index (κ2) is 8.83. The third kappa shape index (κ3) is 5.87. The van der Waals surface area contributed by atoms with Crippen molar-refractivity contribution in [3.8, 4) is 0 Å². The molecule has 2 fully saturated rings. The molecule has 2 saturated heterocycles. The Morgan fingerprint density at radius 2 is 1.79 bits per heavy atom. The van der Waals surface area contributed by atoms with Crippen LogP contribution in [0, 0.1) is 0 Å². The quantitative estimate of drug-likeness (QED) is 0.704. The third-order valence-corrected chi connectivity index (χ3v) is 6.21. The van der Waals surface area contributed by atoms with Crippen molar-refractivity contribution in [1.29, 1.82) is 0 Å². The number of rotatable bonds is 3. The minimum atomic E-state index is -0.453. The second-order valence-corrected chi connectivity index (χ2v) is 10.2. The van der Waals surface area contributed by atoms with Crippen molar-refractivity contribution in [2.45, 2.75) is 77.2 Å². The zero-order chi connectivity index (χ0) is 21.2. The minimum Gasteiger partial charge on any atom is -0.444 e. The molecular formula is C23H35ClN2O3. The fourth-order valence-corrected chi connectivity index (χ4v) is 4.54. The van der Waals surface area contributed by atoms with Gasteiger partial charge in [0, 0.05) is 36.7 Å². The summed E-state index contributed by atoms with van der Waals surface area (Å²) in [5.41, 5.74) is 0.598. The smallest absolute Gasteiger partial charge is 0.410 e. The summed E-state index contributed by atoms with van der Waals surface area (Å²) in [6.45, 7) is 13.3. The first kappa shape index (κ1) is 22.4. The van der Waals surface area contributed by atoms with E-state index in [0.29, 0.717) is 6.04 Å². The lowest BCUT2D eigenvalue weighted by atomic mass is 9.87. The second-order valence-electron chi connectivity index (χ2n) is 9.73. The molecule has 0 aromatic heterocycles. The number of morpholine rings is 1. The van der Waals surface area contributed by atoms with E-state index in [1.807, 2.05) is 37.8 Å². The van der Waals surface area contributed by atoms with Gasteiger partial charge >= 0.3 is 6.09 Å². The maximum Gasteiger partial charge on any atom is 0.410 e. The van der Waals surface area contributed by atoms with Crippen molar-refractivity contribution in [1.82, 2.24) is 9.80 Å². The van der Waals surface area contributed by atoms with Crippen molar-refractivity contribution in [3.63, 3.8) is 0 Å². The van der Waals surface area contributed by atoms with Gasteiger partial charge in [0.25, 0.3) is 0 Å². The first-order chi connectivity index (χ1) is 13.5. The van der Waals surface area contributed by atoms with Gasteiger partial charge in [0.1, 0.15) is 5.60 Å². The molecular weight excluding hydrogens is 388 g/mol. The van der Waals surface area contributed by atoms with Gasteiger partial charge in [-0.1, -0.05) is 23.7 Å². The Labute approximate surface area is 180 Å². The molecule has 0 aliphatic carbocycles. The van der Waals surface area contributed by atoms with Crippen molar-refractivity contribution in [2.75, 3.05) is 26.2 Å². The van der Waals surface area contributed by atoms with E-state index in [-0.39, 0.29) is 17.7 Å². The molecule has 2 aliphatic rings. The summed E-state index contributed by atoms with van der Waals surface area (Å²) in [6, 6.07) is 8.87. The van der Waals surface area contributed by atoms with Crippen LogP contribution in [0.1, 0.15) is 53.0 Å². The largest absolute Gasteiger partial charge is 0.444 e. The normalized spacial score (nSPS) is 23.8. The van der Waals surface area contributed by atoms with Crippen LogP contribution in [-0.4, -0.2) is 65.4 Å². The van der Waals surface area contributed by atoms with Crippen molar-refractivity contribution >= 4 is 17.7 Å². The van der Waals surface area contributed by atoms with Crippen LogP contribution in [0.4, 0.5) is 4.79 Å². The Hall–Kier alpha value is -1.30. The summed E-state index contributed by atoms with van der Waals surface area (Å²) in [4.78, 5) is 16.9. The van der Waals surface area contributed by atoms with E-state index in [0.717, 1.165) is 50.5 Å². The molecule has 1 aromatic rings. The summed E-state index contributed by atoms with van der Waals surface area (Å²) >= 11 is 6.06. The van der Waals surface area contributed by atoms with Gasteiger partial charge in [-0.05, 0) is 71.6 Å². The molecule has 2 aliphatic heterocycles. The first-order valence-corrected chi connectivity index (χ1v) is 11.0. The van der Waals surface area contributed by atoms with Crippen LogP contribution in [-0.2, 0) is 15.9 Å². The number of halogens is 1. The third-order valence-electron chi connectivity index (χ3n) is 5.95. The lowest BCUT2D eigenvalue weighted by molar-refractivity contribution is -0.143. The summed E-state index contributed by atoms with van der Waals surface area (Å²) in [5, 5.41) is 0.763. The molecule has 0 N–H and O–H groups in total. The number of hydrogen-bond donors (Lipinski definition) is 0. The number of likely N-dealkylation sites (tertiary alicyclic amines) is 1. The van der Waals surface area contributed by atoms with E-state index in [1.165, 1.54) is 5.56 Å². The van der Waals surface area contributed by atoms with Crippen molar-refractivity contribution < 1.29 is 14.3 Å². The van der Waals surface area contributed by atoms with Crippen LogP contribution in [0.15, 0.2) is 24.3 Å². The highest BCUT2D eigenvalue weighted by Crippen LogP contribution is 2.32.